The fourth-order valence-corrected chi connectivity index (χ4v) is 5.77. The van der Waals surface area contributed by atoms with Crippen molar-refractivity contribution in [3.8, 4) is 17.2 Å². The molecule has 0 radical (unpaired) electrons. The molecule has 0 saturated heterocycles. The van der Waals surface area contributed by atoms with E-state index in [1.807, 2.05) is 13.8 Å². The molecular weight excluding hydrogens is 594 g/mol. The Hall–Kier alpha value is -3.96. The highest BCUT2D eigenvalue weighted by Gasteiger charge is 2.33. The number of anilines is 1. The fraction of sp³-hybridized carbons (Fsp3) is 0.355. The SMILES string of the molecule is CCC(C)NC(=O)C(C)N(Cc1ccc(OC)cc1)C(=O)CN(c1ccc(Cl)cc1)S(=O)(=O)c1ccc(OC)c(OC)c1. The van der Waals surface area contributed by atoms with Crippen molar-refractivity contribution < 1.29 is 32.2 Å². The highest BCUT2D eigenvalue weighted by Crippen LogP contribution is 2.32. The summed E-state index contributed by atoms with van der Waals surface area (Å²) in [4.78, 5) is 28.5. The Morgan fingerprint density at radius 1 is 0.884 bits per heavy atom. The van der Waals surface area contributed by atoms with E-state index in [1.165, 1.54) is 61.6 Å². The van der Waals surface area contributed by atoms with Crippen molar-refractivity contribution in [2.75, 3.05) is 32.2 Å². The van der Waals surface area contributed by atoms with Gasteiger partial charge < -0.3 is 24.4 Å². The summed E-state index contributed by atoms with van der Waals surface area (Å²) in [6.45, 7) is 4.91. The van der Waals surface area contributed by atoms with Crippen molar-refractivity contribution in [3.05, 3.63) is 77.3 Å². The number of sulfonamides is 1. The molecule has 0 saturated carbocycles. The molecule has 2 atom stereocenters. The molecule has 0 bridgehead atoms. The molecule has 0 heterocycles. The van der Waals surface area contributed by atoms with Crippen LogP contribution in [0.4, 0.5) is 5.69 Å². The molecule has 3 aromatic carbocycles. The van der Waals surface area contributed by atoms with Crippen molar-refractivity contribution in [2.24, 2.45) is 0 Å². The van der Waals surface area contributed by atoms with Gasteiger partial charge in [0.1, 0.15) is 18.3 Å². The number of hydrogen-bond acceptors (Lipinski definition) is 7. The number of amides is 2. The highest BCUT2D eigenvalue weighted by molar-refractivity contribution is 7.92. The summed E-state index contributed by atoms with van der Waals surface area (Å²) in [6, 6.07) is 16.4. The smallest absolute Gasteiger partial charge is 0.264 e. The van der Waals surface area contributed by atoms with Gasteiger partial charge >= 0.3 is 0 Å². The van der Waals surface area contributed by atoms with Crippen LogP contribution < -0.4 is 23.8 Å². The minimum absolute atomic E-state index is 0.0583. The Morgan fingerprint density at radius 2 is 1.51 bits per heavy atom. The Morgan fingerprint density at radius 3 is 2.07 bits per heavy atom. The number of benzene rings is 3. The molecular formula is C31H38ClN3O7S. The quantitative estimate of drug-likeness (QED) is 0.269. The molecule has 2 amide bonds. The number of carbonyl (C=O) groups is 2. The normalized spacial score (nSPS) is 12.5. The van der Waals surface area contributed by atoms with Crippen LogP contribution in [0.2, 0.25) is 5.02 Å². The summed E-state index contributed by atoms with van der Waals surface area (Å²) in [6.07, 6.45) is 0.707. The average molecular weight is 632 g/mol. The molecule has 1 N–H and O–H groups in total. The van der Waals surface area contributed by atoms with Crippen LogP contribution in [0, 0.1) is 0 Å². The molecule has 0 spiro atoms. The third kappa shape index (κ3) is 8.32. The van der Waals surface area contributed by atoms with Crippen molar-refractivity contribution in [3.63, 3.8) is 0 Å². The van der Waals surface area contributed by atoms with Crippen molar-refractivity contribution in [2.45, 2.75) is 50.7 Å². The van der Waals surface area contributed by atoms with Crippen molar-refractivity contribution in [1.82, 2.24) is 10.2 Å². The number of halogens is 1. The van der Waals surface area contributed by atoms with Gasteiger partial charge in [-0.3, -0.25) is 13.9 Å². The van der Waals surface area contributed by atoms with Crippen molar-refractivity contribution in [1.29, 1.82) is 0 Å². The molecule has 3 aromatic rings. The topological polar surface area (TPSA) is 114 Å². The van der Waals surface area contributed by atoms with Gasteiger partial charge in [-0.05, 0) is 74.4 Å². The maximum Gasteiger partial charge on any atom is 0.264 e. The van der Waals surface area contributed by atoms with E-state index in [-0.39, 0.29) is 34.8 Å². The second kappa shape index (κ2) is 15.0. The third-order valence-corrected chi connectivity index (χ3v) is 9.04. The molecule has 0 aliphatic rings. The Labute approximate surface area is 258 Å². The molecule has 232 valence electrons. The number of nitrogens with one attached hydrogen (secondary N) is 1. The van der Waals surface area contributed by atoms with Gasteiger partial charge in [0.2, 0.25) is 11.8 Å². The highest BCUT2D eigenvalue weighted by atomic mass is 35.5. The first-order valence-corrected chi connectivity index (χ1v) is 15.5. The minimum atomic E-state index is -4.31. The van der Waals surface area contributed by atoms with Crippen LogP contribution in [0.15, 0.2) is 71.6 Å². The zero-order valence-electron chi connectivity index (χ0n) is 25.2. The second-order valence-corrected chi connectivity index (χ2v) is 12.2. The van der Waals surface area contributed by atoms with Gasteiger partial charge in [0.05, 0.1) is 31.9 Å². The molecule has 10 nitrogen and oxygen atoms in total. The summed E-state index contributed by atoms with van der Waals surface area (Å²) in [5, 5.41) is 3.31. The van der Waals surface area contributed by atoms with Gasteiger partial charge in [0, 0.05) is 23.7 Å². The lowest BCUT2D eigenvalue weighted by Crippen LogP contribution is -2.52. The number of nitrogens with zero attached hydrogens (tertiary/aromatic N) is 2. The standard InChI is InChI=1S/C31H38ClN3O7S/c1-7-21(2)33-31(37)22(3)34(19-23-8-14-26(40-4)15-9-23)30(36)20-35(25-12-10-24(32)11-13-25)43(38,39)27-16-17-28(41-5)29(18-27)42-6/h8-18,21-22H,7,19-20H2,1-6H3,(H,33,37). The maximum absolute atomic E-state index is 14.1. The number of hydrogen-bond donors (Lipinski definition) is 1. The molecule has 0 aromatic heterocycles. The van der Waals surface area contributed by atoms with Crippen LogP contribution in [0.5, 0.6) is 17.2 Å². The van der Waals surface area contributed by atoms with Gasteiger partial charge in [0.15, 0.2) is 11.5 Å². The van der Waals surface area contributed by atoms with Gasteiger partial charge in [-0.1, -0.05) is 30.7 Å². The summed E-state index contributed by atoms with van der Waals surface area (Å²) in [5.74, 6) is 0.266. The largest absolute Gasteiger partial charge is 0.497 e. The monoisotopic (exact) mass is 631 g/mol. The van der Waals surface area contributed by atoms with Crippen LogP contribution in [0.3, 0.4) is 0 Å². The van der Waals surface area contributed by atoms with Crippen molar-refractivity contribution >= 4 is 39.1 Å². The van der Waals surface area contributed by atoms with Crippen LogP contribution in [-0.2, 0) is 26.2 Å². The number of ether oxygens (including phenoxy) is 3. The van der Waals surface area contributed by atoms with E-state index >= 15 is 0 Å². The third-order valence-electron chi connectivity index (χ3n) is 7.02. The number of rotatable bonds is 14. The lowest BCUT2D eigenvalue weighted by molar-refractivity contribution is -0.139. The Kier molecular flexibility index (Phi) is 11.7. The molecule has 0 aliphatic heterocycles. The van der Waals surface area contributed by atoms with Crippen LogP contribution >= 0.6 is 11.6 Å². The molecule has 12 heteroatoms. The lowest BCUT2D eigenvalue weighted by Gasteiger charge is -2.32. The van der Waals surface area contributed by atoms with Crippen LogP contribution in [-0.4, -0.2) is 65.1 Å². The summed E-state index contributed by atoms with van der Waals surface area (Å²) in [7, 11) is 0.0837. The van der Waals surface area contributed by atoms with Gasteiger partial charge in [0.25, 0.3) is 10.0 Å². The van der Waals surface area contributed by atoms with E-state index in [2.05, 4.69) is 5.32 Å². The Bertz CT molecular complexity index is 1500. The summed E-state index contributed by atoms with van der Waals surface area (Å²) >= 11 is 6.09. The van der Waals surface area contributed by atoms with E-state index in [1.54, 1.807) is 38.3 Å². The second-order valence-electron chi connectivity index (χ2n) is 9.87. The van der Waals surface area contributed by atoms with E-state index in [9.17, 15) is 18.0 Å². The van der Waals surface area contributed by atoms with Gasteiger partial charge in [-0.25, -0.2) is 8.42 Å². The average Bonchev–Trinajstić information content (AvgIpc) is 3.02. The lowest BCUT2D eigenvalue weighted by atomic mass is 10.1. The Balaban J connectivity index is 2.06. The summed E-state index contributed by atoms with van der Waals surface area (Å²) < 4.78 is 45.0. The van der Waals surface area contributed by atoms with E-state index < -0.39 is 28.5 Å². The maximum atomic E-state index is 14.1. The summed E-state index contributed by atoms with van der Waals surface area (Å²) in [5.41, 5.74) is 0.951. The zero-order chi connectivity index (χ0) is 31.7. The zero-order valence-corrected chi connectivity index (χ0v) is 26.7. The first-order chi connectivity index (χ1) is 20.4. The van der Waals surface area contributed by atoms with E-state index in [0.29, 0.717) is 22.9 Å². The predicted octanol–water partition coefficient (Wildman–Crippen LogP) is 4.89. The first-order valence-electron chi connectivity index (χ1n) is 13.7. The van der Waals surface area contributed by atoms with Gasteiger partial charge in [-0.2, -0.15) is 0 Å². The van der Waals surface area contributed by atoms with Crippen LogP contribution in [0.25, 0.3) is 0 Å². The number of carbonyl (C=O) groups excluding carboxylic acids is 2. The van der Waals surface area contributed by atoms with Crippen LogP contribution in [0.1, 0.15) is 32.8 Å². The van der Waals surface area contributed by atoms with E-state index in [0.717, 1.165) is 9.87 Å². The molecule has 3 rings (SSSR count). The molecule has 0 aliphatic carbocycles. The van der Waals surface area contributed by atoms with Gasteiger partial charge in [-0.15, -0.1) is 0 Å². The molecule has 2 unspecified atom stereocenters. The minimum Gasteiger partial charge on any atom is -0.497 e. The number of methoxy groups -OCH3 is 3. The fourth-order valence-electron chi connectivity index (χ4n) is 4.22. The van der Waals surface area contributed by atoms with E-state index in [4.69, 9.17) is 25.8 Å². The molecule has 0 fully saturated rings. The molecule has 43 heavy (non-hydrogen) atoms. The first kappa shape index (κ1) is 33.5. The predicted molar refractivity (Wildman–Crippen MR) is 166 cm³/mol.